The lowest BCUT2D eigenvalue weighted by Crippen LogP contribution is -2.39. The molecular weight excluding hydrogens is 262 g/mol. The van der Waals surface area contributed by atoms with Crippen LogP contribution in [-0.4, -0.2) is 55.0 Å². The number of unbranched alkanes of at least 4 members (excludes halogenated alkanes) is 1. The summed E-state index contributed by atoms with van der Waals surface area (Å²) < 4.78 is 0. The van der Waals surface area contributed by atoms with E-state index in [2.05, 4.69) is 30.6 Å². The third kappa shape index (κ3) is 6.35. The van der Waals surface area contributed by atoms with Gasteiger partial charge in [-0.1, -0.05) is 33.6 Å². The van der Waals surface area contributed by atoms with Crippen molar-refractivity contribution in [1.82, 2.24) is 9.80 Å². The fraction of sp³-hybridized carbons (Fsp3) is 0.941. The molecule has 1 rings (SSSR count). The van der Waals surface area contributed by atoms with Gasteiger partial charge in [-0.15, -0.1) is 0 Å². The number of nitrogens with two attached hydrogens (primary N) is 1. The van der Waals surface area contributed by atoms with Crippen LogP contribution in [0.15, 0.2) is 0 Å². The van der Waals surface area contributed by atoms with Gasteiger partial charge in [-0.2, -0.15) is 0 Å². The lowest BCUT2D eigenvalue weighted by molar-refractivity contribution is -0.135. The van der Waals surface area contributed by atoms with Gasteiger partial charge in [0.25, 0.3) is 0 Å². The van der Waals surface area contributed by atoms with E-state index in [9.17, 15) is 4.79 Å². The van der Waals surface area contributed by atoms with Gasteiger partial charge in [-0.25, -0.2) is 0 Å². The van der Waals surface area contributed by atoms with E-state index >= 15 is 0 Å². The lowest BCUT2D eigenvalue weighted by atomic mass is 9.97. The Morgan fingerprint density at radius 1 is 1.19 bits per heavy atom. The van der Waals surface area contributed by atoms with E-state index in [1.165, 1.54) is 6.42 Å². The number of hydrogen-bond donors (Lipinski definition) is 1. The quantitative estimate of drug-likeness (QED) is 0.748. The summed E-state index contributed by atoms with van der Waals surface area (Å²) >= 11 is 0. The second-order valence-electron chi connectivity index (χ2n) is 6.57. The summed E-state index contributed by atoms with van der Waals surface area (Å²) in [7, 11) is 0. The van der Waals surface area contributed by atoms with Crippen LogP contribution >= 0.6 is 0 Å². The molecular formula is C17H35N3O. The van der Waals surface area contributed by atoms with Crippen molar-refractivity contribution in [2.75, 3.05) is 39.3 Å². The number of nitrogens with zero attached hydrogens (tertiary/aromatic N) is 2. The molecule has 0 aromatic heterocycles. The Balaban J connectivity index is 2.47. The average Bonchev–Trinajstić information content (AvgIpc) is 2.73. The SMILES string of the molecule is CCCCC(CC)C(=O)N1CCCN(CC(C)CN)CC1. The Hall–Kier alpha value is -0.610. The van der Waals surface area contributed by atoms with Crippen molar-refractivity contribution in [2.24, 2.45) is 17.6 Å². The minimum Gasteiger partial charge on any atom is -0.341 e. The highest BCUT2D eigenvalue weighted by atomic mass is 16.2. The van der Waals surface area contributed by atoms with E-state index in [1.807, 2.05) is 0 Å². The molecule has 0 spiro atoms. The van der Waals surface area contributed by atoms with E-state index in [0.29, 0.717) is 11.8 Å². The Kier molecular flexibility index (Phi) is 8.93. The molecule has 0 aromatic rings. The Morgan fingerprint density at radius 3 is 2.57 bits per heavy atom. The molecule has 0 saturated carbocycles. The van der Waals surface area contributed by atoms with Gasteiger partial charge in [0.05, 0.1) is 0 Å². The van der Waals surface area contributed by atoms with Crippen LogP contribution in [0.2, 0.25) is 0 Å². The van der Waals surface area contributed by atoms with Crippen LogP contribution in [0.4, 0.5) is 0 Å². The van der Waals surface area contributed by atoms with E-state index in [4.69, 9.17) is 5.73 Å². The molecule has 1 aliphatic heterocycles. The van der Waals surface area contributed by atoms with Gasteiger partial charge in [0.1, 0.15) is 0 Å². The molecule has 21 heavy (non-hydrogen) atoms. The standard InChI is InChI=1S/C17H35N3O/c1-4-6-8-16(5-2)17(21)20-10-7-9-19(11-12-20)14-15(3)13-18/h15-16H,4-14,18H2,1-3H3. The molecule has 0 radical (unpaired) electrons. The third-order valence-electron chi connectivity index (χ3n) is 4.62. The lowest BCUT2D eigenvalue weighted by Gasteiger charge is -2.26. The van der Waals surface area contributed by atoms with Gasteiger partial charge in [-0.3, -0.25) is 4.79 Å². The second kappa shape index (κ2) is 10.2. The van der Waals surface area contributed by atoms with Crippen molar-refractivity contribution in [2.45, 2.75) is 52.9 Å². The molecule has 0 aromatic carbocycles. The molecule has 124 valence electrons. The van der Waals surface area contributed by atoms with Crippen LogP contribution in [0.5, 0.6) is 0 Å². The minimum atomic E-state index is 0.236. The Labute approximate surface area is 131 Å². The monoisotopic (exact) mass is 297 g/mol. The summed E-state index contributed by atoms with van der Waals surface area (Å²) in [5.74, 6) is 1.17. The molecule has 4 heteroatoms. The first-order chi connectivity index (χ1) is 10.1. The molecule has 1 heterocycles. The van der Waals surface area contributed by atoms with Crippen LogP contribution in [0.1, 0.15) is 52.9 Å². The second-order valence-corrected chi connectivity index (χ2v) is 6.57. The van der Waals surface area contributed by atoms with E-state index in [1.54, 1.807) is 0 Å². The zero-order chi connectivity index (χ0) is 15.7. The fourth-order valence-electron chi connectivity index (χ4n) is 3.10. The molecule has 4 nitrogen and oxygen atoms in total. The molecule has 1 saturated heterocycles. The highest BCUT2D eigenvalue weighted by molar-refractivity contribution is 5.78. The number of amides is 1. The van der Waals surface area contributed by atoms with Gasteiger partial charge in [-0.05, 0) is 38.3 Å². The zero-order valence-corrected chi connectivity index (χ0v) is 14.3. The van der Waals surface area contributed by atoms with Crippen molar-refractivity contribution in [1.29, 1.82) is 0 Å². The zero-order valence-electron chi connectivity index (χ0n) is 14.3. The maximum absolute atomic E-state index is 12.7. The summed E-state index contributed by atoms with van der Waals surface area (Å²) in [6.07, 6.45) is 5.46. The van der Waals surface area contributed by atoms with Crippen LogP contribution in [-0.2, 0) is 4.79 Å². The predicted octanol–water partition coefficient (Wildman–Crippen LogP) is 2.33. The summed E-state index contributed by atoms with van der Waals surface area (Å²) in [6, 6.07) is 0. The maximum Gasteiger partial charge on any atom is 0.225 e. The number of carbonyl (C=O) groups excluding carboxylic acids is 1. The first kappa shape index (κ1) is 18.4. The van der Waals surface area contributed by atoms with E-state index in [-0.39, 0.29) is 5.92 Å². The van der Waals surface area contributed by atoms with Crippen molar-refractivity contribution < 1.29 is 4.79 Å². The number of carbonyl (C=O) groups is 1. The minimum absolute atomic E-state index is 0.236. The van der Waals surface area contributed by atoms with Gasteiger partial charge in [0.2, 0.25) is 5.91 Å². The van der Waals surface area contributed by atoms with Gasteiger partial charge >= 0.3 is 0 Å². The van der Waals surface area contributed by atoms with E-state index < -0.39 is 0 Å². The number of hydrogen-bond acceptors (Lipinski definition) is 3. The van der Waals surface area contributed by atoms with E-state index in [0.717, 1.165) is 65.0 Å². The number of rotatable bonds is 8. The molecule has 2 atom stereocenters. The summed E-state index contributed by atoms with van der Waals surface area (Å²) in [5.41, 5.74) is 5.72. The molecule has 1 aliphatic rings. The molecule has 2 unspecified atom stereocenters. The molecule has 0 bridgehead atoms. The average molecular weight is 297 g/mol. The normalized spacial score (nSPS) is 20.1. The Morgan fingerprint density at radius 2 is 1.95 bits per heavy atom. The Bertz CT molecular complexity index is 296. The first-order valence-corrected chi connectivity index (χ1v) is 8.83. The van der Waals surface area contributed by atoms with Crippen LogP contribution in [0, 0.1) is 11.8 Å². The summed E-state index contributed by atoms with van der Waals surface area (Å²) in [4.78, 5) is 17.2. The third-order valence-corrected chi connectivity index (χ3v) is 4.62. The van der Waals surface area contributed by atoms with Crippen LogP contribution in [0.25, 0.3) is 0 Å². The molecule has 2 N–H and O–H groups in total. The molecule has 1 fully saturated rings. The van der Waals surface area contributed by atoms with Crippen LogP contribution in [0.3, 0.4) is 0 Å². The molecule has 0 aliphatic carbocycles. The van der Waals surface area contributed by atoms with Gasteiger partial charge in [0.15, 0.2) is 0 Å². The predicted molar refractivity (Wildman–Crippen MR) is 89.2 cm³/mol. The highest BCUT2D eigenvalue weighted by Crippen LogP contribution is 2.17. The summed E-state index contributed by atoms with van der Waals surface area (Å²) in [6.45, 7) is 12.3. The first-order valence-electron chi connectivity index (χ1n) is 8.83. The van der Waals surface area contributed by atoms with Crippen molar-refractivity contribution in [3.8, 4) is 0 Å². The fourth-order valence-corrected chi connectivity index (χ4v) is 3.10. The van der Waals surface area contributed by atoms with Crippen molar-refractivity contribution in [3.63, 3.8) is 0 Å². The van der Waals surface area contributed by atoms with Crippen LogP contribution < -0.4 is 5.73 Å². The van der Waals surface area contributed by atoms with Crippen molar-refractivity contribution >= 4 is 5.91 Å². The topological polar surface area (TPSA) is 49.6 Å². The van der Waals surface area contributed by atoms with Gasteiger partial charge < -0.3 is 15.5 Å². The maximum atomic E-state index is 12.7. The molecule has 1 amide bonds. The van der Waals surface area contributed by atoms with Gasteiger partial charge in [0, 0.05) is 32.1 Å². The highest BCUT2D eigenvalue weighted by Gasteiger charge is 2.24. The smallest absolute Gasteiger partial charge is 0.225 e. The summed E-state index contributed by atoms with van der Waals surface area (Å²) in [5, 5.41) is 0. The largest absolute Gasteiger partial charge is 0.341 e. The van der Waals surface area contributed by atoms with Crippen molar-refractivity contribution in [3.05, 3.63) is 0 Å².